The Bertz CT molecular complexity index is 1040. The van der Waals surface area contributed by atoms with Crippen LogP contribution in [0.3, 0.4) is 0 Å². The van der Waals surface area contributed by atoms with Crippen molar-refractivity contribution >= 4 is 35.4 Å². The van der Waals surface area contributed by atoms with Crippen LogP contribution in [0, 0.1) is 0 Å². The fourth-order valence-electron chi connectivity index (χ4n) is 3.32. The number of carbonyl (C=O) groups is 6. The normalized spacial score (nSPS) is 10.1. The molecule has 0 fully saturated rings. The summed E-state index contributed by atoms with van der Waals surface area (Å²) in [6, 6.07) is 18.8. The molecule has 214 valence electrons. The Morgan fingerprint density at radius 2 is 0.700 bits per heavy atom. The predicted molar refractivity (Wildman–Crippen MR) is 146 cm³/mol. The highest BCUT2D eigenvalue weighted by atomic mass is 16.2. The van der Waals surface area contributed by atoms with Crippen molar-refractivity contribution in [3.63, 3.8) is 0 Å². The maximum atomic E-state index is 11.9. The summed E-state index contributed by atoms with van der Waals surface area (Å²) < 4.78 is 0. The molecule has 0 heterocycles. The molecule has 0 aliphatic carbocycles. The Labute approximate surface area is 233 Å². The number of nitrogens with one attached hydrogen (secondary N) is 6. The molecule has 40 heavy (non-hydrogen) atoms. The van der Waals surface area contributed by atoms with Crippen LogP contribution in [0.4, 0.5) is 0 Å². The Balaban J connectivity index is 1.44. The number of benzene rings is 2. The average molecular weight is 553 g/mol. The molecule has 2 rings (SSSR count). The second kappa shape index (κ2) is 18.5. The first-order valence-electron chi connectivity index (χ1n) is 13.1. The highest BCUT2D eigenvalue weighted by Gasteiger charge is 2.10. The minimum atomic E-state index is -0.494. The lowest BCUT2D eigenvalue weighted by Crippen LogP contribution is -2.42. The summed E-state index contributed by atoms with van der Waals surface area (Å²) in [7, 11) is 0. The van der Waals surface area contributed by atoms with Gasteiger partial charge in [0, 0.05) is 51.6 Å². The molecule has 2 aromatic rings. The largest absolute Gasteiger partial charge is 0.352 e. The van der Waals surface area contributed by atoms with Gasteiger partial charge >= 0.3 is 0 Å². The molecule has 6 amide bonds. The summed E-state index contributed by atoms with van der Waals surface area (Å²) >= 11 is 0. The van der Waals surface area contributed by atoms with Gasteiger partial charge in [0.05, 0.1) is 0 Å². The third-order valence-corrected chi connectivity index (χ3v) is 5.56. The van der Waals surface area contributed by atoms with Crippen LogP contribution >= 0.6 is 0 Å². The van der Waals surface area contributed by atoms with Gasteiger partial charge in [-0.05, 0) is 24.0 Å². The molecule has 0 atom stereocenters. The molecule has 12 heteroatoms. The van der Waals surface area contributed by atoms with Crippen molar-refractivity contribution < 1.29 is 28.8 Å². The molecule has 0 radical (unpaired) electrons. The van der Waals surface area contributed by atoms with E-state index in [1.807, 2.05) is 60.7 Å². The number of hydrazine groups is 2. The van der Waals surface area contributed by atoms with E-state index in [4.69, 9.17) is 0 Å². The Hall–Kier alpha value is -4.74. The van der Waals surface area contributed by atoms with E-state index in [-0.39, 0.29) is 50.3 Å². The molecule has 0 unspecified atom stereocenters. The van der Waals surface area contributed by atoms with Gasteiger partial charge in [0.25, 0.3) is 0 Å². The zero-order chi connectivity index (χ0) is 29.0. The Kier molecular flexibility index (Phi) is 14.6. The van der Waals surface area contributed by atoms with Gasteiger partial charge in [0.2, 0.25) is 35.4 Å². The minimum Gasteiger partial charge on any atom is -0.352 e. The van der Waals surface area contributed by atoms with Crippen LogP contribution in [-0.4, -0.2) is 35.4 Å². The summed E-state index contributed by atoms with van der Waals surface area (Å²) in [5.41, 5.74) is 11.0. The molecule has 0 aliphatic heterocycles. The standard InChI is InChI=1S/C28H36N6O6/c35-23(29-19-21-9-3-1-4-10-21)15-17-27(39)33-31-25(37)13-7-8-14-26(38)32-34-28(40)18-16-24(36)30-20-22-11-5-2-6-12-22/h1-6,9-12H,7-8,13-20H2,(H,29,35)(H,30,36)(H,31,37)(H,32,38)(H,33,39)(H,34,40). The fourth-order valence-corrected chi connectivity index (χ4v) is 3.32. The molecular formula is C28H36N6O6. The van der Waals surface area contributed by atoms with E-state index in [1.54, 1.807) is 0 Å². The molecular weight excluding hydrogens is 516 g/mol. The summed E-state index contributed by atoms with van der Waals surface area (Å²) in [5, 5.41) is 5.44. The van der Waals surface area contributed by atoms with Crippen molar-refractivity contribution in [3.8, 4) is 0 Å². The first-order chi connectivity index (χ1) is 19.3. The summed E-state index contributed by atoms with van der Waals surface area (Å²) in [6.07, 6.45) is 0.740. The van der Waals surface area contributed by atoms with Crippen molar-refractivity contribution in [2.24, 2.45) is 0 Å². The van der Waals surface area contributed by atoms with E-state index in [9.17, 15) is 28.8 Å². The topological polar surface area (TPSA) is 175 Å². The SMILES string of the molecule is O=C(CCC(=O)NNC(=O)CCCCC(=O)NNC(=O)CCC(=O)NCc1ccccc1)NCc1ccccc1. The number of hydrogen-bond acceptors (Lipinski definition) is 6. The van der Waals surface area contributed by atoms with Crippen LogP contribution in [0.15, 0.2) is 60.7 Å². The lowest BCUT2D eigenvalue weighted by Gasteiger charge is -2.09. The maximum Gasteiger partial charge on any atom is 0.238 e. The molecule has 6 N–H and O–H groups in total. The van der Waals surface area contributed by atoms with E-state index < -0.39 is 23.6 Å². The van der Waals surface area contributed by atoms with Crippen molar-refractivity contribution in [1.82, 2.24) is 32.3 Å². The van der Waals surface area contributed by atoms with Gasteiger partial charge in [-0.2, -0.15) is 0 Å². The molecule has 2 aromatic carbocycles. The molecule has 12 nitrogen and oxygen atoms in total. The first-order valence-corrected chi connectivity index (χ1v) is 13.1. The minimum absolute atomic E-state index is 0.0123. The Morgan fingerprint density at radius 3 is 1.05 bits per heavy atom. The van der Waals surface area contributed by atoms with Crippen molar-refractivity contribution in [3.05, 3.63) is 71.8 Å². The molecule has 0 saturated carbocycles. The van der Waals surface area contributed by atoms with Gasteiger partial charge in [0.15, 0.2) is 0 Å². The molecule has 0 aliphatic rings. The molecule has 0 bridgehead atoms. The van der Waals surface area contributed by atoms with Crippen LogP contribution in [0.25, 0.3) is 0 Å². The number of hydrogen-bond donors (Lipinski definition) is 6. The van der Waals surface area contributed by atoms with Crippen LogP contribution < -0.4 is 32.3 Å². The molecule has 0 aromatic heterocycles. The zero-order valence-corrected chi connectivity index (χ0v) is 22.3. The first kappa shape index (κ1) is 31.5. The van der Waals surface area contributed by atoms with Crippen LogP contribution in [0.2, 0.25) is 0 Å². The van der Waals surface area contributed by atoms with E-state index in [0.717, 1.165) is 11.1 Å². The van der Waals surface area contributed by atoms with Crippen LogP contribution in [0.1, 0.15) is 62.5 Å². The second-order valence-corrected chi connectivity index (χ2v) is 8.92. The highest BCUT2D eigenvalue weighted by Crippen LogP contribution is 2.01. The quantitative estimate of drug-likeness (QED) is 0.142. The van der Waals surface area contributed by atoms with E-state index in [1.165, 1.54) is 0 Å². The van der Waals surface area contributed by atoms with E-state index in [0.29, 0.717) is 25.9 Å². The summed E-state index contributed by atoms with van der Waals surface area (Å²) in [4.78, 5) is 71.1. The highest BCUT2D eigenvalue weighted by molar-refractivity contribution is 5.86. The summed E-state index contributed by atoms with van der Waals surface area (Å²) in [6.45, 7) is 0.743. The van der Waals surface area contributed by atoms with Gasteiger partial charge in [-0.1, -0.05) is 60.7 Å². The van der Waals surface area contributed by atoms with Crippen LogP contribution in [0.5, 0.6) is 0 Å². The molecule has 0 spiro atoms. The fraction of sp³-hybridized carbons (Fsp3) is 0.357. The van der Waals surface area contributed by atoms with Gasteiger partial charge in [0.1, 0.15) is 0 Å². The van der Waals surface area contributed by atoms with Crippen molar-refractivity contribution in [2.45, 2.75) is 64.5 Å². The van der Waals surface area contributed by atoms with Gasteiger partial charge in [-0.3, -0.25) is 50.5 Å². The van der Waals surface area contributed by atoms with E-state index >= 15 is 0 Å². The zero-order valence-electron chi connectivity index (χ0n) is 22.3. The number of rotatable bonds is 15. The Morgan fingerprint density at radius 1 is 0.400 bits per heavy atom. The lowest BCUT2D eigenvalue weighted by molar-refractivity contribution is -0.130. The van der Waals surface area contributed by atoms with E-state index in [2.05, 4.69) is 32.3 Å². The number of unbranched alkanes of at least 4 members (excludes halogenated alkanes) is 1. The molecule has 0 saturated heterocycles. The third kappa shape index (κ3) is 14.9. The number of amides is 6. The maximum absolute atomic E-state index is 11.9. The predicted octanol–water partition coefficient (Wildman–Crippen LogP) is 1.03. The smallest absolute Gasteiger partial charge is 0.238 e. The second-order valence-electron chi connectivity index (χ2n) is 8.92. The van der Waals surface area contributed by atoms with Gasteiger partial charge in [-0.25, -0.2) is 0 Å². The number of carbonyl (C=O) groups excluding carboxylic acids is 6. The van der Waals surface area contributed by atoms with Crippen LogP contribution in [-0.2, 0) is 41.9 Å². The summed E-state index contributed by atoms with van der Waals surface area (Å²) in [5.74, 6) is -2.39. The van der Waals surface area contributed by atoms with Gasteiger partial charge in [-0.15, -0.1) is 0 Å². The third-order valence-electron chi connectivity index (χ3n) is 5.56. The van der Waals surface area contributed by atoms with Crippen molar-refractivity contribution in [2.75, 3.05) is 0 Å². The lowest BCUT2D eigenvalue weighted by atomic mass is 10.2. The average Bonchev–Trinajstić information content (AvgIpc) is 2.97. The van der Waals surface area contributed by atoms with Gasteiger partial charge < -0.3 is 10.6 Å². The van der Waals surface area contributed by atoms with Crippen molar-refractivity contribution in [1.29, 1.82) is 0 Å². The monoisotopic (exact) mass is 552 g/mol.